The van der Waals surface area contributed by atoms with E-state index in [4.69, 9.17) is 0 Å². The lowest BCUT2D eigenvalue weighted by Crippen LogP contribution is -2.40. The maximum absolute atomic E-state index is 12.9. The molecule has 0 saturated carbocycles. The lowest BCUT2D eigenvalue weighted by Gasteiger charge is -2.22. The van der Waals surface area contributed by atoms with Gasteiger partial charge in [0.1, 0.15) is 5.54 Å². The Labute approximate surface area is 140 Å². The first kappa shape index (κ1) is 15.8. The first-order valence-corrected chi connectivity index (χ1v) is 7.65. The van der Waals surface area contributed by atoms with Crippen LogP contribution in [0.25, 0.3) is 0 Å². The molecule has 0 bridgehead atoms. The van der Waals surface area contributed by atoms with Crippen LogP contribution in [0.2, 0.25) is 0 Å². The van der Waals surface area contributed by atoms with Gasteiger partial charge >= 0.3 is 6.03 Å². The second kappa shape index (κ2) is 5.82. The van der Waals surface area contributed by atoms with E-state index < -0.39 is 11.6 Å². The molecule has 1 heterocycles. The minimum absolute atomic E-state index is 0.0792. The Morgan fingerprint density at radius 1 is 1.12 bits per heavy atom. The van der Waals surface area contributed by atoms with E-state index in [0.717, 1.165) is 16.0 Å². The van der Waals surface area contributed by atoms with Crippen LogP contribution in [0, 0.1) is 18.3 Å². The molecule has 3 amide bonds. The number of imide groups is 1. The molecule has 24 heavy (non-hydrogen) atoms. The molecule has 3 rings (SSSR count). The molecule has 120 valence electrons. The van der Waals surface area contributed by atoms with E-state index in [1.54, 1.807) is 31.2 Å². The van der Waals surface area contributed by atoms with Gasteiger partial charge in [-0.3, -0.25) is 9.69 Å². The van der Waals surface area contributed by atoms with Crippen molar-refractivity contribution in [2.75, 3.05) is 0 Å². The Hall–Kier alpha value is -3.13. The number of carbonyl (C=O) groups excluding carboxylic acids is 2. The van der Waals surface area contributed by atoms with Gasteiger partial charge in [0.15, 0.2) is 0 Å². The number of hydrogen-bond donors (Lipinski definition) is 1. The van der Waals surface area contributed by atoms with Crippen molar-refractivity contribution in [2.24, 2.45) is 0 Å². The maximum atomic E-state index is 12.9. The van der Waals surface area contributed by atoms with Crippen molar-refractivity contribution in [2.45, 2.75) is 25.9 Å². The van der Waals surface area contributed by atoms with Gasteiger partial charge in [0.2, 0.25) is 0 Å². The highest BCUT2D eigenvalue weighted by Crippen LogP contribution is 2.30. The molecule has 0 aromatic heterocycles. The van der Waals surface area contributed by atoms with Gasteiger partial charge in [-0.2, -0.15) is 5.26 Å². The van der Waals surface area contributed by atoms with Crippen LogP contribution in [0.1, 0.15) is 29.2 Å². The van der Waals surface area contributed by atoms with E-state index in [0.29, 0.717) is 11.1 Å². The van der Waals surface area contributed by atoms with Gasteiger partial charge in [0.25, 0.3) is 5.91 Å². The van der Waals surface area contributed by atoms with Crippen LogP contribution in [0.3, 0.4) is 0 Å². The second-order valence-electron chi connectivity index (χ2n) is 6.08. The summed E-state index contributed by atoms with van der Waals surface area (Å²) in [5.74, 6) is -0.316. The Balaban J connectivity index is 1.92. The van der Waals surface area contributed by atoms with Crippen molar-refractivity contribution >= 4 is 11.9 Å². The number of aryl methyl sites for hydroxylation is 1. The summed E-state index contributed by atoms with van der Waals surface area (Å²) in [4.78, 5) is 26.4. The number of nitrogens with one attached hydrogen (secondary N) is 1. The number of urea groups is 1. The van der Waals surface area contributed by atoms with E-state index in [2.05, 4.69) is 11.4 Å². The highest BCUT2D eigenvalue weighted by Gasteiger charge is 2.48. The zero-order valence-corrected chi connectivity index (χ0v) is 13.5. The van der Waals surface area contributed by atoms with Crippen molar-refractivity contribution in [1.82, 2.24) is 10.2 Å². The number of rotatable bonds is 3. The largest absolute Gasteiger partial charge is 0.325 e. The van der Waals surface area contributed by atoms with E-state index in [1.807, 2.05) is 31.2 Å². The molecule has 1 aliphatic heterocycles. The topological polar surface area (TPSA) is 73.2 Å². The fourth-order valence-electron chi connectivity index (χ4n) is 2.86. The summed E-state index contributed by atoms with van der Waals surface area (Å²) >= 11 is 0. The first-order valence-electron chi connectivity index (χ1n) is 7.65. The molecule has 1 N–H and O–H groups in total. The van der Waals surface area contributed by atoms with Gasteiger partial charge in [0, 0.05) is 0 Å². The molecular weight excluding hydrogens is 302 g/mol. The van der Waals surface area contributed by atoms with E-state index in [1.165, 1.54) is 0 Å². The summed E-state index contributed by atoms with van der Waals surface area (Å²) in [6.45, 7) is 3.75. The van der Waals surface area contributed by atoms with Crippen LogP contribution in [-0.4, -0.2) is 16.8 Å². The minimum Gasteiger partial charge on any atom is -0.319 e. The van der Waals surface area contributed by atoms with E-state index >= 15 is 0 Å². The summed E-state index contributed by atoms with van der Waals surface area (Å²) in [5, 5.41) is 12.0. The van der Waals surface area contributed by atoms with Crippen molar-refractivity contribution in [1.29, 1.82) is 5.26 Å². The van der Waals surface area contributed by atoms with Gasteiger partial charge in [-0.25, -0.2) is 4.79 Å². The lowest BCUT2D eigenvalue weighted by molar-refractivity contribution is -0.131. The average Bonchev–Trinajstić information content (AvgIpc) is 2.80. The highest BCUT2D eigenvalue weighted by molar-refractivity contribution is 6.07. The summed E-state index contributed by atoms with van der Waals surface area (Å²) in [6.07, 6.45) is 0. The van der Waals surface area contributed by atoms with Crippen molar-refractivity contribution in [3.63, 3.8) is 0 Å². The number of nitrogens with zero attached hydrogens (tertiary/aromatic N) is 2. The number of carbonyl (C=O) groups is 2. The van der Waals surface area contributed by atoms with Crippen LogP contribution in [-0.2, 0) is 16.9 Å². The van der Waals surface area contributed by atoms with Gasteiger partial charge in [0.05, 0.1) is 18.2 Å². The third kappa shape index (κ3) is 2.52. The number of benzene rings is 2. The summed E-state index contributed by atoms with van der Waals surface area (Å²) in [5.41, 5.74) is 1.84. The predicted molar refractivity (Wildman–Crippen MR) is 88.8 cm³/mol. The first-order chi connectivity index (χ1) is 11.5. The van der Waals surface area contributed by atoms with Gasteiger partial charge < -0.3 is 5.32 Å². The molecule has 1 saturated heterocycles. The molecule has 0 aliphatic carbocycles. The Bertz CT molecular complexity index is 852. The Morgan fingerprint density at radius 3 is 2.46 bits per heavy atom. The number of nitriles is 1. The number of hydrogen-bond acceptors (Lipinski definition) is 3. The fraction of sp³-hybridized carbons (Fsp3) is 0.211. The Kier molecular flexibility index (Phi) is 3.82. The molecule has 2 aromatic rings. The van der Waals surface area contributed by atoms with E-state index in [9.17, 15) is 14.9 Å². The van der Waals surface area contributed by atoms with Gasteiger partial charge in [-0.1, -0.05) is 48.0 Å². The van der Waals surface area contributed by atoms with Crippen LogP contribution >= 0.6 is 0 Å². The van der Waals surface area contributed by atoms with Crippen LogP contribution in [0.5, 0.6) is 0 Å². The zero-order valence-electron chi connectivity index (χ0n) is 13.5. The molecule has 1 atom stereocenters. The summed E-state index contributed by atoms with van der Waals surface area (Å²) in [7, 11) is 0. The molecule has 1 fully saturated rings. The maximum Gasteiger partial charge on any atom is 0.325 e. The molecular formula is C19H17N3O2. The molecule has 5 nitrogen and oxygen atoms in total. The molecule has 5 heteroatoms. The number of amides is 3. The SMILES string of the molecule is Cc1ccc([C@]2(C)NC(=O)N(Cc3ccccc3C#N)C2=O)cc1. The summed E-state index contributed by atoms with van der Waals surface area (Å²) < 4.78 is 0. The van der Waals surface area contributed by atoms with Gasteiger partial charge in [-0.05, 0) is 31.0 Å². The van der Waals surface area contributed by atoms with E-state index in [-0.39, 0.29) is 12.5 Å². The smallest absolute Gasteiger partial charge is 0.319 e. The Morgan fingerprint density at radius 2 is 1.79 bits per heavy atom. The predicted octanol–water partition coefficient (Wildman–Crippen LogP) is 2.83. The molecule has 0 radical (unpaired) electrons. The van der Waals surface area contributed by atoms with Crippen LogP contribution in [0.15, 0.2) is 48.5 Å². The fourth-order valence-corrected chi connectivity index (χ4v) is 2.86. The van der Waals surface area contributed by atoms with Crippen LogP contribution in [0.4, 0.5) is 4.79 Å². The van der Waals surface area contributed by atoms with Crippen LogP contribution < -0.4 is 5.32 Å². The molecule has 0 unspecified atom stereocenters. The average molecular weight is 319 g/mol. The van der Waals surface area contributed by atoms with Crippen molar-refractivity contribution in [3.8, 4) is 6.07 Å². The van der Waals surface area contributed by atoms with Crippen molar-refractivity contribution in [3.05, 3.63) is 70.8 Å². The minimum atomic E-state index is -1.09. The highest BCUT2D eigenvalue weighted by atomic mass is 16.2. The molecule has 0 spiro atoms. The summed E-state index contributed by atoms with van der Waals surface area (Å²) in [6, 6.07) is 16.1. The normalized spacial score (nSPS) is 20.0. The van der Waals surface area contributed by atoms with Gasteiger partial charge in [-0.15, -0.1) is 0 Å². The monoisotopic (exact) mass is 319 g/mol. The quantitative estimate of drug-likeness (QED) is 0.884. The third-order valence-corrected chi connectivity index (χ3v) is 4.37. The lowest BCUT2D eigenvalue weighted by atomic mass is 9.91. The molecule has 1 aliphatic rings. The third-order valence-electron chi connectivity index (χ3n) is 4.37. The zero-order chi connectivity index (χ0) is 17.3. The van der Waals surface area contributed by atoms with Crippen molar-refractivity contribution < 1.29 is 9.59 Å². The standard InChI is InChI=1S/C19H17N3O2/c1-13-7-9-16(10-8-13)19(2)17(23)22(18(24)21-19)12-15-6-4-3-5-14(15)11-20/h3-10H,12H2,1-2H3,(H,21,24)/t19-/m0/s1. The molecule has 2 aromatic carbocycles. The second-order valence-corrected chi connectivity index (χ2v) is 6.08.